The van der Waals surface area contributed by atoms with Crippen LogP contribution in [0.2, 0.25) is 0 Å². The number of sulfone groups is 1. The van der Waals surface area contributed by atoms with Crippen LogP contribution in [0.1, 0.15) is 60.9 Å². The van der Waals surface area contributed by atoms with Crippen LogP contribution in [0.3, 0.4) is 0 Å². The Morgan fingerprint density at radius 1 is 0.870 bits per heavy atom. The monoisotopic (exact) mass is 762 g/mol. The number of nitrogens with zero attached hydrogens (tertiary/aromatic N) is 3. The summed E-state index contributed by atoms with van der Waals surface area (Å²) in [6.45, 7) is 7.11. The number of hydrogen-bond donors (Lipinski definition) is 1. The van der Waals surface area contributed by atoms with Crippen molar-refractivity contribution in [3.8, 4) is 0 Å². The van der Waals surface area contributed by atoms with E-state index in [-0.39, 0.29) is 44.7 Å². The van der Waals surface area contributed by atoms with Gasteiger partial charge in [-0.25, -0.2) is 17.2 Å². The molecule has 3 aliphatic heterocycles. The van der Waals surface area contributed by atoms with Crippen molar-refractivity contribution in [1.82, 2.24) is 15.1 Å². The van der Waals surface area contributed by atoms with E-state index in [1.54, 1.807) is 12.1 Å². The molecule has 0 aromatic heterocycles. The maximum Gasteiger partial charge on any atom is 0.305 e. The number of rotatable bonds is 13. The number of halogens is 2. The van der Waals surface area contributed by atoms with Gasteiger partial charge in [0.05, 0.1) is 22.6 Å². The molecule has 0 unspecified atom stereocenters. The average Bonchev–Trinajstić information content (AvgIpc) is 3.61. The number of esters is 1. The molecular weight excluding hydrogens is 711 g/mol. The van der Waals surface area contributed by atoms with E-state index in [9.17, 15) is 18.0 Å². The number of likely N-dealkylation sites (tertiary alicyclic amines) is 2. The van der Waals surface area contributed by atoms with Gasteiger partial charge in [-0.05, 0) is 136 Å². The van der Waals surface area contributed by atoms with Crippen molar-refractivity contribution < 1.29 is 31.5 Å². The van der Waals surface area contributed by atoms with Crippen LogP contribution in [0.4, 0.5) is 14.5 Å². The molecule has 290 valence electrons. The van der Waals surface area contributed by atoms with Gasteiger partial charge in [0.15, 0.2) is 0 Å². The Balaban J connectivity index is 1.01. The first-order valence-electron chi connectivity index (χ1n) is 19.4. The van der Waals surface area contributed by atoms with E-state index in [1.807, 2.05) is 11.0 Å². The van der Waals surface area contributed by atoms with E-state index >= 15 is 8.78 Å². The highest BCUT2D eigenvalue weighted by atomic mass is 32.2. The van der Waals surface area contributed by atoms with Gasteiger partial charge in [0.1, 0.15) is 11.6 Å². The van der Waals surface area contributed by atoms with Gasteiger partial charge in [-0.3, -0.25) is 9.59 Å². The first-order chi connectivity index (χ1) is 26.0. The lowest BCUT2D eigenvalue weighted by Crippen LogP contribution is -2.58. The number of anilines is 1. The normalized spacial score (nSPS) is 22.6. The topological polar surface area (TPSA) is 99.3 Å². The fourth-order valence-electron chi connectivity index (χ4n) is 9.89. The molecule has 7 rings (SSSR count). The molecular formula is C42H52F2N4O5S. The van der Waals surface area contributed by atoms with E-state index < -0.39 is 15.7 Å². The summed E-state index contributed by atoms with van der Waals surface area (Å²) >= 11 is 0. The lowest BCUT2D eigenvalue weighted by molar-refractivity contribution is -0.142. The van der Waals surface area contributed by atoms with Crippen LogP contribution in [0.25, 0.3) is 0 Å². The van der Waals surface area contributed by atoms with Crippen LogP contribution in [-0.4, -0.2) is 96.6 Å². The third-order valence-corrected chi connectivity index (χ3v) is 14.6. The Kier molecular flexibility index (Phi) is 11.4. The predicted molar refractivity (Wildman–Crippen MR) is 203 cm³/mol. The summed E-state index contributed by atoms with van der Waals surface area (Å²) in [5, 5.41) is 2.50. The molecule has 0 bridgehead atoms. The summed E-state index contributed by atoms with van der Waals surface area (Å²) in [7, 11) is -1.01. The Morgan fingerprint density at radius 3 is 2.22 bits per heavy atom. The molecule has 54 heavy (non-hydrogen) atoms. The molecule has 1 amide bonds. The van der Waals surface area contributed by atoms with E-state index in [1.165, 1.54) is 57.0 Å². The SMILES string of the molecule is CNC(=O)c1ccc(S(=O)(=O)c2ccc(N3CC(CN4CCC([C@@](CN5CCC5)(c5cccc(F)c5)[C@H]5CCC[C@@H]5CC(=O)OC)CC4)C3)c(F)c2)cc1. The Labute approximate surface area is 318 Å². The second kappa shape index (κ2) is 16.1. The molecule has 4 fully saturated rings. The molecule has 3 aromatic carbocycles. The van der Waals surface area contributed by atoms with Crippen LogP contribution in [0.15, 0.2) is 76.5 Å². The standard InChI is InChI=1S/C42H52F2N4O5S/c1-45-41(50)30-10-12-35(13-11-30)54(51,52)36-14-15-39(38(44)24-36)48-26-29(27-48)25-46-20-16-32(17-21-46)42(28-47-18-5-19-47,33-7-4-8-34(43)23-33)37-9-3-6-31(37)22-40(49)53-2/h4,7-8,10-15,23-24,29,31-32,37H,3,5-6,9,16-22,25-28H2,1-2H3,(H,45,50)/t31-,37+,42+/m1/s1. The third kappa shape index (κ3) is 7.66. The lowest BCUT2D eigenvalue weighted by Gasteiger charge is -2.54. The molecule has 0 spiro atoms. The van der Waals surface area contributed by atoms with Crippen LogP contribution in [0, 0.1) is 35.3 Å². The lowest BCUT2D eigenvalue weighted by atomic mass is 9.56. The summed E-state index contributed by atoms with van der Waals surface area (Å²) in [5.74, 6) is -0.106. The maximum absolute atomic E-state index is 15.4. The van der Waals surface area contributed by atoms with Crippen molar-refractivity contribution in [3.63, 3.8) is 0 Å². The average molecular weight is 763 g/mol. The van der Waals surface area contributed by atoms with E-state index in [4.69, 9.17) is 4.74 Å². The van der Waals surface area contributed by atoms with Crippen LogP contribution < -0.4 is 10.2 Å². The second-order valence-corrected chi connectivity index (χ2v) is 17.8. The molecule has 3 heterocycles. The molecule has 1 saturated carbocycles. The van der Waals surface area contributed by atoms with Crippen molar-refractivity contribution >= 4 is 27.4 Å². The van der Waals surface area contributed by atoms with Gasteiger partial charge in [0.2, 0.25) is 9.84 Å². The predicted octanol–water partition coefficient (Wildman–Crippen LogP) is 5.93. The van der Waals surface area contributed by atoms with Gasteiger partial charge in [-0.15, -0.1) is 0 Å². The number of carbonyl (C=O) groups excluding carboxylic acids is 2. The first kappa shape index (κ1) is 38.4. The quantitative estimate of drug-likeness (QED) is 0.214. The molecule has 9 nitrogen and oxygen atoms in total. The minimum Gasteiger partial charge on any atom is -0.469 e. The van der Waals surface area contributed by atoms with Crippen molar-refractivity contribution in [3.05, 3.63) is 89.5 Å². The highest BCUT2D eigenvalue weighted by Gasteiger charge is 2.53. The van der Waals surface area contributed by atoms with Crippen LogP contribution >= 0.6 is 0 Å². The zero-order chi connectivity index (χ0) is 38.0. The molecule has 3 saturated heterocycles. The summed E-state index contributed by atoms with van der Waals surface area (Å²) in [5.41, 5.74) is 1.54. The largest absolute Gasteiger partial charge is 0.469 e. The third-order valence-electron chi connectivity index (χ3n) is 12.8. The fraction of sp³-hybridized carbons (Fsp3) is 0.524. The molecule has 3 atom stereocenters. The number of hydrogen-bond acceptors (Lipinski definition) is 8. The summed E-state index contributed by atoms with van der Waals surface area (Å²) in [6, 6.07) is 16.9. The molecule has 4 aliphatic rings. The molecule has 0 radical (unpaired) electrons. The minimum atomic E-state index is -3.97. The van der Waals surface area contributed by atoms with Gasteiger partial charge in [0.25, 0.3) is 5.91 Å². The highest BCUT2D eigenvalue weighted by Crippen LogP contribution is 2.54. The van der Waals surface area contributed by atoms with Crippen LogP contribution in [-0.2, 0) is 24.8 Å². The van der Waals surface area contributed by atoms with E-state index in [0.29, 0.717) is 42.6 Å². The van der Waals surface area contributed by atoms with Crippen molar-refractivity contribution in [1.29, 1.82) is 0 Å². The number of methoxy groups -OCH3 is 1. The number of ether oxygens (including phenoxy) is 1. The Hall–Kier alpha value is -3.87. The number of piperidine rings is 1. The fourth-order valence-corrected chi connectivity index (χ4v) is 11.2. The van der Waals surface area contributed by atoms with Gasteiger partial charge in [-0.2, -0.15) is 0 Å². The van der Waals surface area contributed by atoms with Crippen molar-refractivity contribution in [2.45, 2.75) is 60.2 Å². The van der Waals surface area contributed by atoms with Gasteiger partial charge in [-0.1, -0.05) is 18.6 Å². The molecule has 1 aliphatic carbocycles. The number of amides is 1. The summed E-state index contributed by atoms with van der Waals surface area (Å²) in [6.07, 6.45) is 6.63. The molecule has 1 N–H and O–H groups in total. The Morgan fingerprint density at radius 2 is 1.59 bits per heavy atom. The Bertz CT molecular complexity index is 1930. The zero-order valence-corrected chi connectivity index (χ0v) is 32.1. The molecule has 12 heteroatoms. The van der Waals surface area contributed by atoms with Gasteiger partial charge in [0, 0.05) is 56.5 Å². The van der Waals surface area contributed by atoms with Gasteiger partial charge >= 0.3 is 5.97 Å². The van der Waals surface area contributed by atoms with Crippen molar-refractivity contribution in [2.24, 2.45) is 23.7 Å². The zero-order valence-electron chi connectivity index (χ0n) is 31.3. The van der Waals surface area contributed by atoms with E-state index in [0.717, 1.165) is 83.0 Å². The second-order valence-electron chi connectivity index (χ2n) is 15.8. The van der Waals surface area contributed by atoms with Gasteiger partial charge < -0.3 is 24.8 Å². The number of carbonyl (C=O) groups is 2. The highest BCUT2D eigenvalue weighted by molar-refractivity contribution is 7.91. The van der Waals surface area contributed by atoms with E-state index in [2.05, 4.69) is 21.2 Å². The van der Waals surface area contributed by atoms with Crippen molar-refractivity contribution in [2.75, 3.05) is 71.4 Å². The maximum atomic E-state index is 15.4. The van der Waals surface area contributed by atoms with Crippen LogP contribution in [0.5, 0.6) is 0 Å². The smallest absolute Gasteiger partial charge is 0.305 e. The summed E-state index contributed by atoms with van der Waals surface area (Å²) in [4.78, 5) is 31.3. The summed E-state index contributed by atoms with van der Waals surface area (Å²) < 4.78 is 62.1. The number of nitrogens with one attached hydrogen (secondary N) is 1. The first-order valence-corrected chi connectivity index (χ1v) is 20.9. The molecule has 3 aromatic rings. The minimum absolute atomic E-state index is 0.00642. The number of benzene rings is 3.